The molecule has 1 unspecified atom stereocenters. The van der Waals surface area contributed by atoms with Crippen molar-refractivity contribution >= 4 is 5.91 Å². The Morgan fingerprint density at radius 3 is 2.38 bits per heavy atom. The third kappa shape index (κ3) is 2.03. The van der Waals surface area contributed by atoms with Gasteiger partial charge in [-0.25, -0.2) is 13.2 Å². The highest BCUT2D eigenvalue weighted by atomic mass is 19.2. The second-order valence-corrected chi connectivity index (χ2v) is 3.85. The maximum atomic E-state index is 12.9. The first kappa shape index (κ1) is 11.0. The van der Waals surface area contributed by atoms with E-state index in [9.17, 15) is 18.0 Å². The molecule has 0 bridgehead atoms. The van der Waals surface area contributed by atoms with E-state index in [2.05, 4.69) is 5.32 Å². The number of amides is 1. The van der Waals surface area contributed by atoms with Crippen LogP contribution in [0, 0.1) is 23.4 Å². The van der Waals surface area contributed by atoms with E-state index in [1.54, 1.807) is 0 Å². The predicted octanol–water partition coefficient (Wildman–Crippen LogP) is 1.78. The van der Waals surface area contributed by atoms with Crippen LogP contribution in [0.25, 0.3) is 0 Å². The molecule has 1 heterocycles. The van der Waals surface area contributed by atoms with Crippen molar-refractivity contribution in [3.8, 4) is 0 Å². The van der Waals surface area contributed by atoms with Crippen molar-refractivity contribution in [1.29, 1.82) is 0 Å². The Labute approximate surface area is 90.5 Å². The number of halogens is 3. The molecular formula is C11H10F3NO. The van der Waals surface area contributed by atoms with Gasteiger partial charge in [0.25, 0.3) is 0 Å². The topological polar surface area (TPSA) is 29.1 Å². The zero-order chi connectivity index (χ0) is 11.7. The summed E-state index contributed by atoms with van der Waals surface area (Å²) in [4.78, 5) is 11.2. The molecule has 0 aromatic heterocycles. The van der Waals surface area contributed by atoms with E-state index in [4.69, 9.17) is 0 Å². The summed E-state index contributed by atoms with van der Waals surface area (Å²) in [7, 11) is 0. The van der Waals surface area contributed by atoms with Crippen molar-refractivity contribution in [3.05, 3.63) is 35.1 Å². The lowest BCUT2D eigenvalue weighted by Crippen LogP contribution is -2.20. The van der Waals surface area contributed by atoms with Crippen molar-refractivity contribution in [2.75, 3.05) is 6.54 Å². The van der Waals surface area contributed by atoms with Gasteiger partial charge in [-0.2, -0.15) is 0 Å². The smallest absolute Gasteiger partial charge is 0.223 e. The van der Waals surface area contributed by atoms with Gasteiger partial charge in [-0.1, -0.05) is 0 Å². The molecule has 2 nitrogen and oxygen atoms in total. The highest BCUT2D eigenvalue weighted by Gasteiger charge is 2.24. The van der Waals surface area contributed by atoms with Crippen LogP contribution in [-0.2, 0) is 11.2 Å². The minimum absolute atomic E-state index is 0.120. The third-order valence-electron chi connectivity index (χ3n) is 2.69. The van der Waals surface area contributed by atoms with E-state index in [1.807, 2.05) is 0 Å². The van der Waals surface area contributed by atoms with Gasteiger partial charge in [0, 0.05) is 12.5 Å². The van der Waals surface area contributed by atoms with Gasteiger partial charge in [0.1, 0.15) is 0 Å². The Morgan fingerprint density at radius 2 is 1.88 bits per heavy atom. The van der Waals surface area contributed by atoms with E-state index in [0.717, 1.165) is 12.1 Å². The van der Waals surface area contributed by atoms with Crippen LogP contribution in [0.1, 0.15) is 12.0 Å². The standard InChI is InChI=1S/C11H10F3NO/c12-8-4-6(5-9(13)10(8)14)3-7-1-2-15-11(7)16/h4-5,7H,1-3H2,(H,15,16). The molecular weight excluding hydrogens is 219 g/mol. The lowest BCUT2D eigenvalue weighted by molar-refractivity contribution is -0.122. The van der Waals surface area contributed by atoms with E-state index in [-0.39, 0.29) is 18.2 Å². The molecule has 1 aliphatic rings. The summed E-state index contributed by atoms with van der Waals surface area (Å²) in [6.07, 6.45) is 0.874. The molecule has 5 heteroatoms. The molecule has 1 aliphatic heterocycles. The highest BCUT2D eigenvalue weighted by molar-refractivity contribution is 5.80. The zero-order valence-electron chi connectivity index (χ0n) is 8.40. The Kier molecular flexibility index (Phi) is 2.85. The fourth-order valence-electron chi connectivity index (χ4n) is 1.85. The van der Waals surface area contributed by atoms with Gasteiger partial charge in [0.15, 0.2) is 17.5 Å². The monoisotopic (exact) mass is 229 g/mol. The Balaban J connectivity index is 2.18. The van der Waals surface area contributed by atoms with Crippen molar-refractivity contribution in [3.63, 3.8) is 0 Å². The molecule has 1 aromatic carbocycles. The summed E-state index contributed by atoms with van der Waals surface area (Å²) in [5.74, 6) is -4.30. The number of benzene rings is 1. The molecule has 2 rings (SSSR count). The first-order valence-electron chi connectivity index (χ1n) is 4.99. The maximum absolute atomic E-state index is 12.9. The van der Waals surface area contributed by atoms with Crippen LogP contribution >= 0.6 is 0 Å². The molecule has 0 aliphatic carbocycles. The normalized spacial score (nSPS) is 19.9. The van der Waals surface area contributed by atoms with E-state index in [1.165, 1.54) is 0 Å². The fourth-order valence-corrected chi connectivity index (χ4v) is 1.85. The number of hydrogen-bond acceptors (Lipinski definition) is 1. The minimum atomic E-state index is -1.47. The second kappa shape index (κ2) is 4.15. The Hall–Kier alpha value is -1.52. The molecule has 1 N–H and O–H groups in total. The average Bonchev–Trinajstić information content (AvgIpc) is 2.61. The number of carbonyl (C=O) groups is 1. The fraction of sp³-hybridized carbons (Fsp3) is 0.364. The molecule has 86 valence electrons. The molecule has 1 aromatic rings. The molecule has 1 amide bonds. The van der Waals surface area contributed by atoms with Gasteiger partial charge in [0.05, 0.1) is 0 Å². The number of carbonyl (C=O) groups excluding carboxylic acids is 1. The van der Waals surface area contributed by atoms with E-state index in [0.29, 0.717) is 18.5 Å². The minimum Gasteiger partial charge on any atom is -0.356 e. The summed E-state index contributed by atoms with van der Waals surface area (Å²) in [6, 6.07) is 1.87. The van der Waals surface area contributed by atoms with Crippen molar-refractivity contribution in [2.24, 2.45) is 5.92 Å². The van der Waals surface area contributed by atoms with Gasteiger partial charge < -0.3 is 5.32 Å². The van der Waals surface area contributed by atoms with Gasteiger partial charge in [0.2, 0.25) is 5.91 Å². The lowest BCUT2D eigenvalue weighted by Gasteiger charge is -2.07. The molecule has 16 heavy (non-hydrogen) atoms. The first-order chi connectivity index (χ1) is 7.58. The average molecular weight is 229 g/mol. The van der Waals surface area contributed by atoms with Crippen molar-refractivity contribution in [2.45, 2.75) is 12.8 Å². The Bertz CT molecular complexity index is 410. The van der Waals surface area contributed by atoms with Crippen LogP contribution in [0.3, 0.4) is 0 Å². The summed E-state index contributed by atoms with van der Waals surface area (Å²) in [5, 5.41) is 2.63. The van der Waals surface area contributed by atoms with Gasteiger partial charge in [-0.05, 0) is 30.5 Å². The van der Waals surface area contributed by atoms with Crippen LogP contribution in [0.15, 0.2) is 12.1 Å². The third-order valence-corrected chi connectivity index (χ3v) is 2.69. The summed E-state index contributed by atoms with van der Waals surface area (Å²) >= 11 is 0. The molecule has 1 atom stereocenters. The summed E-state index contributed by atoms with van der Waals surface area (Å²) in [5.41, 5.74) is 0.304. The maximum Gasteiger partial charge on any atom is 0.223 e. The van der Waals surface area contributed by atoms with Crippen LogP contribution in [0.5, 0.6) is 0 Å². The summed E-state index contributed by atoms with van der Waals surface area (Å²) in [6.45, 7) is 0.579. The zero-order valence-corrected chi connectivity index (χ0v) is 8.40. The molecule has 0 spiro atoms. The molecule has 0 radical (unpaired) electrons. The number of hydrogen-bond donors (Lipinski definition) is 1. The first-order valence-corrected chi connectivity index (χ1v) is 4.99. The lowest BCUT2D eigenvalue weighted by atomic mass is 9.98. The summed E-state index contributed by atoms with van der Waals surface area (Å²) < 4.78 is 38.5. The largest absolute Gasteiger partial charge is 0.356 e. The van der Waals surface area contributed by atoms with E-state index >= 15 is 0 Å². The number of rotatable bonds is 2. The molecule has 1 fully saturated rings. The van der Waals surface area contributed by atoms with Gasteiger partial charge >= 0.3 is 0 Å². The van der Waals surface area contributed by atoms with Crippen molar-refractivity contribution in [1.82, 2.24) is 5.32 Å². The van der Waals surface area contributed by atoms with Crippen LogP contribution < -0.4 is 5.32 Å². The van der Waals surface area contributed by atoms with Crippen molar-refractivity contribution < 1.29 is 18.0 Å². The van der Waals surface area contributed by atoms with Gasteiger partial charge in [-0.15, -0.1) is 0 Å². The highest BCUT2D eigenvalue weighted by Crippen LogP contribution is 2.20. The molecule has 0 saturated carbocycles. The predicted molar refractivity (Wildman–Crippen MR) is 51.1 cm³/mol. The van der Waals surface area contributed by atoms with Gasteiger partial charge in [-0.3, -0.25) is 4.79 Å². The van der Waals surface area contributed by atoms with Crippen LogP contribution in [0.2, 0.25) is 0 Å². The Morgan fingerprint density at radius 1 is 1.25 bits per heavy atom. The quantitative estimate of drug-likeness (QED) is 0.769. The second-order valence-electron chi connectivity index (χ2n) is 3.85. The number of nitrogens with one attached hydrogen (secondary N) is 1. The SMILES string of the molecule is O=C1NCCC1Cc1cc(F)c(F)c(F)c1. The van der Waals surface area contributed by atoms with Crippen LogP contribution in [0.4, 0.5) is 13.2 Å². The van der Waals surface area contributed by atoms with Crippen LogP contribution in [-0.4, -0.2) is 12.5 Å². The molecule has 1 saturated heterocycles. The van der Waals surface area contributed by atoms with E-state index < -0.39 is 17.5 Å².